The van der Waals surface area contributed by atoms with E-state index in [4.69, 9.17) is 19.9 Å². The number of rotatable bonds is 6. The Hall–Kier alpha value is -2.83. The van der Waals surface area contributed by atoms with Crippen LogP contribution in [0.25, 0.3) is 0 Å². The van der Waals surface area contributed by atoms with Crippen molar-refractivity contribution >= 4 is 5.69 Å². The summed E-state index contributed by atoms with van der Waals surface area (Å²) < 4.78 is 20.4. The predicted octanol–water partition coefficient (Wildman–Crippen LogP) is 3.12. The van der Waals surface area contributed by atoms with Gasteiger partial charge in [-0.1, -0.05) is 29.8 Å². The number of anilines is 1. The summed E-state index contributed by atoms with van der Waals surface area (Å²) in [5.74, 6) is -0.0981. The van der Waals surface area contributed by atoms with Gasteiger partial charge in [-0.2, -0.15) is 0 Å². The molecule has 1 fully saturated rings. The Morgan fingerprint density at radius 2 is 1.96 bits per heavy atom. The molecule has 6 heteroatoms. The molecule has 1 aromatic heterocycles. The van der Waals surface area contributed by atoms with E-state index in [1.165, 1.54) is 5.56 Å². The largest absolute Gasteiger partial charge is 0.491 e. The Labute approximate surface area is 158 Å². The molecule has 0 saturated carbocycles. The zero-order valence-electron chi connectivity index (χ0n) is 15.2. The van der Waals surface area contributed by atoms with E-state index in [1.807, 2.05) is 35.0 Å². The van der Waals surface area contributed by atoms with Crippen LogP contribution in [0.15, 0.2) is 67.3 Å². The molecule has 1 aliphatic rings. The number of ether oxygens (including phenoxy) is 3. The second kappa shape index (κ2) is 7.42. The molecule has 0 spiro atoms. The van der Waals surface area contributed by atoms with Gasteiger partial charge in [-0.3, -0.25) is 0 Å². The fourth-order valence-corrected chi connectivity index (χ4v) is 3.15. The molecule has 1 aliphatic heterocycles. The fraction of sp³-hybridized carbons (Fsp3) is 0.286. The van der Waals surface area contributed by atoms with Gasteiger partial charge in [0.05, 0.1) is 19.5 Å². The van der Waals surface area contributed by atoms with Gasteiger partial charge in [0.2, 0.25) is 5.79 Å². The first-order valence-electron chi connectivity index (χ1n) is 8.96. The van der Waals surface area contributed by atoms with Crippen LogP contribution in [0.3, 0.4) is 0 Å². The predicted molar refractivity (Wildman–Crippen MR) is 102 cm³/mol. The highest BCUT2D eigenvalue weighted by atomic mass is 16.8. The third-order valence-corrected chi connectivity index (χ3v) is 4.62. The smallest absolute Gasteiger partial charge is 0.214 e. The molecule has 2 atom stereocenters. The molecule has 0 radical (unpaired) electrons. The maximum atomic E-state index is 6.37. The average Bonchev–Trinajstić information content (AvgIpc) is 3.33. The number of benzene rings is 2. The van der Waals surface area contributed by atoms with Crippen LogP contribution < -0.4 is 10.5 Å². The second-order valence-corrected chi connectivity index (χ2v) is 6.78. The minimum absolute atomic E-state index is 0.174. The van der Waals surface area contributed by atoms with E-state index in [-0.39, 0.29) is 6.10 Å². The van der Waals surface area contributed by atoms with Crippen LogP contribution in [0.5, 0.6) is 5.75 Å². The molecular weight excluding hydrogens is 342 g/mol. The van der Waals surface area contributed by atoms with E-state index < -0.39 is 5.79 Å². The Morgan fingerprint density at radius 1 is 1.19 bits per heavy atom. The first kappa shape index (κ1) is 17.6. The molecule has 6 nitrogen and oxygen atoms in total. The summed E-state index contributed by atoms with van der Waals surface area (Å²) in [5.41, 5.74) is 8.60. The van der Waals surface area contributed by atoms with Gasteiger partial charge >= 0.3 is 0 Å². The van der Waals surface area contributed by atoms with Crippen molar-refractivity contribution in [3.05, 3.63) is 78.4 Å². The summed E-state index contributed by atoms with van der Waals surface area (Å²) in [6.45, 7) is 3.44. The van der Waals surface area contributed by atoms with Gasteiger partial charge in [0.25, 0.3) is 0 Å². The van der Waals surface area contributed by atoms with Crippen LogP contribution in [0.4, 0.5) is 5.69 Å². The summed E-state index contributed by atoms with van der Waals surface area (Å²) in [6.07, 6.45) is 5.24. The summed E-state index contributed by atoms with van der Waals surface area (Å²) in [5, 5.41) is 0. The first-order chi connectivity index (χ1) is 13.1. The summed E-state index contributed by atoms with van der Waals surface area (Å²) >= 11 is 0. The lowest BCUT2D eigenvalue weighted by Crippen LogP contribution is -2.34. The number of imidazole rings is 1. The molecule has 0 bridgehead atoms. The molecule has 140 valence electrons. The highest BCUT2D eigenvalue weighted by Gasteiger charge is 2.44. The third kappa shape index (κ3) is 3.97. The number of nitrogens with zero attached hydrogens (tertiary/aromatic N) is 2. The van der Waals surface area contributed by atoms with Crippen LogP contribution in [-0.4, -0.2) is 28.9 Å². The van der Waals surface area contributed by atoms with E-state index in [2.05, 4.69) is 36.2 Å². The summed E-state index contributed by atoms with van der Waals surface area (Å²) in [6, 6.07) is 15.6. The zero-order valence-corrected chi connectivity index (χ0v) is 15.2. The second-order valence-electron chi connectivity index (χ2n) is 6.78. The lowest BCUT2D eigenvalue weighted by molar-refractivity contribution is -0.189. The number of nitrogens with two attached hydrogens (primary N) is 1. The lowest BCUT2D eigenvalue weighted by Gasteiger charge is -2.29. The van der Waals surface area contributed by atoms with Crippen LogP contribution in [0.2, 0.25) is 0 Å². The van der Waals surface area contributed by atoms with Gasteiger partial charge in [-0.05, 0) is 31.2 Å². The van der Waals surface area contributed by atoms with Crippen molar-refractivity contribution in [2.24, 2.45) is 0 Å². The Kier molecular flexibility index (Phi) is 4.83. The SMILES string of the molecule is Cc1ccc(C2(Cn3ccnc3)OCC(COc3ccc(N)cc3)O2)cc1. The van der Waals surface area contributed by atoms with E-state index >= 15 is 0 Å². The van der Waals surface area contributed by atoms with Crippen molar-refractivity contribution in [1.82, 2.24) is 9.55 Å². The van der Waals surface area contributed by atoms with Crippen molar-refractivity contribution in [3.63, 3.8) is 0 Å². The Balaban J connectivity index is 1.50. The molecule has 2 unspecified atom stereocenters. The van der Waals surface area contributed by atoms with Gasteiger partial charge in [-0.25, -0.2) is 4.98 Å². The molecule has 2 N–H and O–H groups in total. The zero-order chi connectivity index (χ0) is 18.7. The molecule has 2 heterocycles. The van der Waals surface area contributed by atoms with Crippen LogP contribution in [0.1, 0.15) is 11.1 Å². The molecule has 0 amide bonds. The van der Waals surface area contributed by atoms with Crippen LogP contribution in [0, 0.1) is 6.92 Å². The van der Waals surface area contributed by atoms with Gasteiger partial charge in [0.15, 0.2) is 0 Å². The highest BCUT2D eigenvalue weighted by molar-refractivity contribution is 5.41. The van der Waals surface area contributed by atoms with Crippen molar-refractivity contribution in [1.29, 1.82) is 0 Å². The summed E-state index contributed by atoms with van der Waals surface area (Å²) in [7, 11) is 0. The number of nitrogen functional groups attached to an aromatic ring is 1. The quantitative estimate of drug-likeness (QED) is 0.680. The van der Waals surface area contributed by atoms with Gasteiger partial charge in [0, 0.05) is 23.6 Å². The average molecular weight is 365 g/mol. The summed E-state index contributed by atoms with van der Waals surface area (Å²) in [4.78, 5) is 4.12. The number of aryl methyl sites for hydroxylation is 1. The molecule has 2 aromatic carbocycles. The molecule has 3 aromatic rings. The number of hydrogen-bond donors (Lipinski definition) is 1. The third-order valence-electron chi connectivity index (χ3n) is 4.62. The maximum Gasteiger partial charge on any atom is 0.214 e. The van der Waals surface area contributed by atoms with Crippen molar-refractivity contribution in [2.45, 2.75) is 25.4 Å². The van der Waals surface area contributed by atoms with Crippen molar-refractivity contribution in [2.75, 3.05) is 18.9 Å². The van der Waals surface area contributed by atoms with E-state index in [0.717, 1.165) is 11.3 Å². The molecule has 4 rings (SSSR count). The van der Waals surface area contributed by atoms with Gasteiger partial charge < -0.3 is 24.5 Å². The minimum atomic E-state index is -0.858. The van der Waals surface area contributed by atoms with E-state index in [9.17, 15) is 0 Å². The standard InChI is InChI=1S/C21H23N3O3/c1-16-2-4-17(5-3-16)21(14-24-11-10-23-15-24)26-13-20(27-21)12-25-19-8-6-18(22)7-9-19/h2-11,15,20H,12-14,22H2,1H3. The van der Waals surface area contributed by atoms with Crippen molar-refractivity contribution in [3.8, 4) is 5.75 Å². The first-order valence-corrected chi connectivity index (χ1v) is 8.96. The van der Waals surface area contributed by atoms with E-state index in [1.54, 1.807) is 12.5 Å². The van der Waals surface area contributed by atoms with E-state index in [0.29, 0.717) is 25.4 Å². The highest BCUT2D eigenvalue weighted by Crippen LogP contribution is 2.36. The molecule has 27 heavy (non-hydrogen) atoms. The Bertz CT molecular complexity index is 863. The molecule has 0 aliphatic carbocycles. The lowest BCUT2D eigenvalue weighted by atomic mass is 10.0. The minimum Gasteiger partial charge on any atom is -0.491 e. The molecular formula is C21H23N3O3. The maximum absolute atomic E-state index is 6.37. The van der Waals surface area contributed by atoms with Gasteiger partial charge in [0.1, 0.15) is 18.5 Å². The normalized spacial score (nSPS) is 22.0. The van der Waals surface area contributed by atoms with Crippen LogP contribution >= 0.6 is 0 Å². The van der Waals surface area contributed by atoms with Crippen LogP contribution in [-0.2, 0) is 21.8 Å². The Morgan fingerprint density at radius 3 is 2.67 bits per heavy atom. The topological polar surface area (TPSA) is 71.5 Å². The van der Waals surface area contributed by atoms with Gasteiger partial charge in [-0.15, -0.1) is 0 Å². The monoisotopic (exact) mass is 365 g/mol. The van der Waals surface area contributed by atoms with Crippen molar-refractivity contribution < 1.29 is 14.2 Å². The fourth-order valence-electron chi connectivity index (χ4n) is 3.15. The number of hydrogen-bond acceptors (Lipinski definition) is 5. The molecule has 1 saturated heterocycles. The number of aromatic nitrogens is 2.